The highest BCUT2D eigenvalue weighted by molar-refractivity contribution is 7.89. The Morgan fingerprint density at radius 3 is 2.50 bits per heavy atom. The van der Waals surface area contributed by atoms with Crippen LogP contribution in [0.1, 0.15) is 6.92 Å². The van der Waals surface area contributed by atoms with Gasteiger partial charge in [0.15, 0.2) is 4.90 Å². The maximum absolute atomic E-state index is 13.6. The van der Waals surface area contributed by atoms with Crippen molar-refractivity contribution in [3.05, 3.63) is 29.8 Å². The Morgan fingerprint density at radius 2 is 1.94 bits per heavy atom. The first-order chi connectivity index (χ1) is 8.44. The molecule has 0 saturated carbocycles. The molecule has 18 heavy (non-hydrogen) atoms. The maximum atomic E-state index is 13.6. The Kier molecular flexibility index (Phi) is 3.65. The molecular formula is C11H14F2N2O2S. The summed E-state index contributed by atoms with van der Waals surface area (Å²) in [6.45, 7) is 2.84. The Morgan fingerprint density at radius 1 is 1.33 bits per heavy atom. The standard InChI is InChI=1S/C11H14F2N2O2S/c1-8-7-14-5-6-15(8)18(16,17)11-9(12)3-2-4-10(11)13/h2-4,8,14H,5-7H2,1H3/t8-/m1/s1. The molecule has 1 saturated heterocycles. The van der Waals surface area contributed by atoms with Gasteiger partial charge in [-0.1, -0.05) is 6.07 Å². The van der Waals surface area contributed by atoms with Crippen LogP contribution >= 0.6 is 0 Å². The monoisotopic (exact) mass is 276 g/mol. The van der Waals surface area contributed by atoms with Gasteiger partial charge in [0, 0.05) is 25.7 Å². The summed E-state index contributed by atoms with van der Waals surface area (Å²) in [4.78, 5) is -0.862. The quantitative estimate of drug-likeness (QED) is 0.875. The summed E-state index contributed by atoms with van der Waals surface area (Å²) >= 11 is 0. The summed E-state index contributed by atoms with van der Waals surface area (Å²) in [5.41, 5.74) is 0. The lowest BCUT2D eigenvalue weighted by molar-refractivity contribution is 0.281. The molecule has 1 aromatic rings. The summed E-state index contributed by atoms with van der Waals surface area (Å²) in [6, 6.07) is 2.71. The summed E-state index contributed by atoms with van der Waals surface area (Å²) < 4.78 is 52.8. The normalized spacial score (nSPS) is 22.1. The fraction of sp³-hybridized carbons (Fsp3) is 0.455. The van der Waals surface area contributed by atoms with Crippen molar-refractivity contribution in [3.63, 3.8) is 0 Å². The molecule has 2 rings (SSSR count). The molecule has 7 heteroatoms. The molecule has 1 N–H and O–H groups in total. The van der Waals surface area contributed by atoms with Crippen molar-refractivity contribution in [2.75, 3.05) is 19.6 Å². The molecule has 0 radical (unpaired) electrons. The zero-order valence-corrected chi connectivity index (χ0v) is 10.7. The van der Waals surface area contributed by atoms with Gasteiger partial charge in [0.25, 0.3) is 0 Å². The van der Waals surface area contributed by atoms with Crippen LogP contribution in [0.15, 0.2) is 23.1 Å². The van der Waals surface area contributed by atoms with Crippen LogP contribution in [-0.4, -0.2) is 38.4 Å². The number of hydrogen-bond donors (Lipinski definition) is 1. The largest absolute Gasteiger partial charge is 0.314 e. The predicted molar refractivity (Wildman–Crippen MR) is 62.6 cm³/mol. The van der Waals surface area contributed by atoms with E-state index in [1.54, 1.807) is 6.92 Å². The van der Waals surface area contributed by atoms with Gasteiger partial charge < -0.3 is 5.32 Å². The second-order valence-electron chi connectivity index (χ2n) is 4.22. The van der Waals surface area contributed by atoms with E-state index in [4.69, 9.17) is 0 Å². The first-order valence-corrected chi connectivity index (χ1v) is 7.05. The van der Waals surface area contributed by atoms with Gasteiger partial charge in [0.2, 0.25) is 10.0 Å². The van der Waals surface area contributed by atoms with E-state index in [0.29, 0.717) is 13.1 Å². The van der Waals surface area contributed by atoms with Crippen LogP contribution in [0, 0.1) is 11.6 Å². The predicted octanol–water partition coefficient (Wildman–Crippen LogP) is 0.947. The minimum Gasteiger partial charge on any atom is -0.314 e. The minimum atomic E-state index is -4.13. The van der Waals surface area contributed by atoms with Crippen molar-refractivity contribution in [1.29, 1.82) is 0 Å². The molecule has 0 unspecified atom stereocenters. The summed E-state index contributed by atoms with van der Waals surface area (Å²) in [7, 11) is -4.13. The molecule has 1 heterocycles. The fourth-order valence-electron chi connectivity index (χ4n) is 2.03. The maximum Gasteiger partial charge on any atom is 0.249 e. The van der Waals surface area contributed by atoms with Gasteiger partial charge in [-0.05, 0) is 19.1 Å². The fourth-order valence-corrected chi connectivity index (χ4v) is 3.77. The molecule has 4 nitrogen and oxygen atoms in total. The molecule has 100 valence electrons. The van der Waals surface area contributed by atoms with Crippen LogP contribution in [0.4, 0.5) is 8.78 Å². The van der Waals surface area contributed by atoms with Gasteiger partial charge in [-0.3, -0.25) is 0 Å². The number of benzene rings is 1. The lowest BCUT2D eigenvalue weighted by Crippen LogP contribution is -2.52. The lowest BCUT2D eigenvalue weighted by Gasteiger charge is -2.32. The molecular weight excluding hydrogens is 262 g/mol. The van der Waals surface area contributed by atoms with E-state index in [2.05, 4.69) is 5.32 Å². The van der Waals surface area contributed by atoms with E-state index < -0.39 is 26.6 Å². The minimum absolute atomic E-state index is 0.206. The number of sulfonamides is 1. The van der Waals surface area contributed by atoms with Crippen LogP contribution in [0.2, 0.25) is 0 Å². The van der Waals surface area contributed by atoms with Gasteiger partial charge in [-0.2, -0.15) is 4.31 Å². The van der Waals surface area contributed by atoms with Crippen LogP contribution in [0.5, 0.6) is 0 Å². The smallest absolute Gasteiger partial charge is 0.249 e. The molecule has 0 aliphatic carbocycles. The van der Waals surface area contributed by atoms with Crippen molar-refractivity contribution in [2.45, 2.75) is 17.9 Å². The van der Waals surface area contributed by atoms with Gasteiger partial charge in [-0.15, -0.1) is 0 Å². The molecule has 1 atom stereocenters. The Labute approximate surface area is 105 Å². The Bertz CT molecular complexity index is 528. The third kappa shape index (κ3) is 2.25. The first-order valence-electron chi connectivity index (χ1n) is 5.61. The highest BCUT2D eigenvalue weighted by atomic mass is 32.2. The second-order valence-corrected chi connectivity index (χ2v) is 6.05. The van der Waals surface area contributed by atoms with E-state index in [9.17, 15) is 17.2 Å². The van der Waals surface area contributed by atoms with Crippen molar-refractivity contribution >= 4 is 10.0 Å². The number of hydrogen-bond acceptors (Lipinski definition) is 3. The number of rotatable bonds is 2. The molecule has 0 spiro atoms. The lowest BCUT2D eigenvalue weighted by atomic mass is 10.3. The zero-order valence-electron chi connectivity index (χ0n) is 9.86. The highest BCUT2D eigenvalue weighted by Gasteiger charge is 2.34. The zero-order chi connectivity index (χ0) is 13.3. The summed E-state index contributed by atoms with van der Waals surface area (Å²) in [5, 5.41) is 3.02. The van der Waals surface area contributed by atoms with E-state index in [0.717, 1.165) is 22.5 Å². The molecule has 0 amide bonds. The molecule has 1 fully saturated rings. The summed E-state index contributed by atoms with van der Waals surface area (Å²) in [5.74, 6) is -2.11. The number of nitrogens with zero attached hydrogens (tertiary/aromatic N) is 1. The van der Waals surface area contributed by atoms with Crippen molar-refractivity contribution < 1.29 is 17.2 Å². The molecule has 1 aliphatic rings. The Hall–Kier alpha value is -1.05. The molecule has 1 aliphatic heterocycles. The summed E-state index contributed by atoms with van der Waals surface area (Å²) in [6.07, 6.45) is 0. The first kappa shape index (κ1) is 13.4. The topological polar surface area (TPSA) is 49.4 Å². The third-order valence-corrected chi connectivity index (χ3v) is 4.99. The molecule has 1 aromatic carbocycles. The molecule has 0 aromatic heterocycles. The Balaban J connectivity index is 2.48. The van der Waals surface area contributed by atoms with E-state index in [1.165, 1.54) is 0 Å². The van der Waals surface area contributed by atoms with E-state index in [-0.39, 0.29) is 12.6 Å². The van der Waals surface area contributed by atoms with Crippen molar-refractivity contribution in [3.8, 4) is 0 Å². The van der Waals surface area contributed by atoms with Gasteiger partial charge in [0.05, 0.1) is 0 Å². The van der Waals surface area contributed by atoms with Crippen LogP contribution in [-0.2, 0) is 10.0 Å². The number of piperazine rings is 1. The van der Waals surface area contributed by atoms with E-state index >= 15 is 0 Å². The number of nitrogens with one attached hydrogen (secondary N) is 1. The van der Waals surface area contributed by atoms with Gasteiger partial charge in [0.1, 0.15) is 11.6 Å². The average molecular weight is 276 g/mol. The van der Waals surface area contributed by atoms with Gasteiger partial charge in [-0.25, -0.2) is 17.2 Å². The molecule has 0 bridgehead atoms. The van der Waals surface area contributed by atoms with Crippen molar-refractivity contribution in [1.82, 2.24) is 9.62 Å². The second kappa shape index (κ2) is 4.91. The van der Waals surface area contributed by atoms with Crippen LogP contribution < -0.4 is 5.32 Å². The average Bonchev–Trinajstić information content (AvgIpc) is 2.28. The third-order valence-electron chi connectivity index (χ3n) is 2.93. The van der Waals surface area contributed by atoms with Crippen LogP contribution in [0.25, 0.3) is 0 Å². The van der Waals surface area contributed by atoms with Gasteiger partial charge >= 0.3 is 0 Å². The van der Waals surface area contributed by atoms with Crippen LogP contribution in [0.3, 0.4) is 0 Å². The highest BCUT2D eigenvalue weighted by Crippen LogP contribution is 2.24. The van der Waals surface area contributed by atoms with E-state index in [1.807, 2.05) is 0 Å². The van der Waals surface area contributed by atoms with Crippen molar-refractivity contribution in [2.24, 2.45) is 0 Å². The number of halogens is 2. The SMILES string of the molecule is C[C@@H]1CNCCN1S(=O)(=O)c1c(F)cccc1F.